The Kier molecular flexibility index (Phi) is 6.20. The van der Waals surface area contributed by atoms with Crippen LogP contribution in [0.15, 0.2) is 48.5 Å². The number of halogens is 3. The van der Waals surface area contributed by atoms with Gasteiger partial charge in [-0.3, -0.25) is 9.59 Å². The standard InChI is InChI=1S/C21H18F3N3O2/c22-21(23,24)20(29)27-17-11-7-15(8-12-17)4-3-14-5-9-16(10-6-14)26-19(28)18-2-1-13-25-18/h5-12,18,25H,1-2,13H2,(H,26,28)(H,27,29)/t18-/m1/s1. The van der Waals surface area contributed by atoms with Crippen molar-refractivity contribution in [3.05, 3.63) is 59.7 Å². The molecule has 29 heavy (non-hydrogen) atoms. The van der Waals surface area contributed by atoms with Crippen molar-refractivity contribution in [2.24, 2.45) is 0 Å². The van der Waals surface area contributed by atoms with Gasteiger partial charge in [-0.05, 0) is 67.9 Å². The molecule has 5 nitrogen and oxygen atoms in total. The Morgan fingerprint density at radius 1 is 0.897 bits per heavy atom. The zero-order valence-corrected chi connectivity index (χ0v) is 15.3. The van der Waals surface area contributed by atoms with Crippen LogP contribution >= 0.6 is 0 Å². The van der Waals surface area contributed by atoms with E-state index in [1.54, 1.807) is 29.6 Å². The third-order valence-electron chi connectivity index (χ3n) is 4.28. The summed E-state index contributed by atoms with van der Waals surface area (Å²) in [6.45, 7) is 0.849. The SMILES string of the molecule is O=C(Nc1ccc(C#Cc2ccc(NC(=O)C(F)(F)F)cc2)cc1)[C@H]1CCCN1. The topological polar surface area (TPSA) is 70.2 Å². The van der Waals surface area contributed by atoms with E-state index in [4.69, 9.17) is 0 Å². The molecule has 0 aliphatic carbocycles. The van der Waals surface area contributed by atoms with Crippen molar-refractivity contribution < 1.29 is 22.8 Å². The summed E-state index contributed by atoms with van der Waals surface area (Å²) in [6.07, 6.45) is -3.12. The normalized spacial score (nSPS) is 15.9. The van der Waals surface area contributed by atoms with E-state index < -0.39 is 12.1 Å². The summed E-state index contributed by atoms with van der Waals surface area (Å²) >= 11 is 0. The predicted molar refractivity (Wildman–Crippen MR) is 103 cm³/mol. The van der Waals surface area contributed by atoms with Gasteiger partial charge in [0.25, 0.3) is 0 Å². The van der Waals surface area contributed by atoms with Crippen LogP contribution in [0.5, 0.6) is 0 Å². The number of carbonyl (C=O) groups is 2. The van der Waals surface area contributed by atoms with Gasteiger partial charge in [-0.2, -0.15) is 13.2 Å². The first kappa shape index (κ1) is 20.4. The molecule has 0 radical (unpaired) electrons. The van der Waals surface area contributed by atoms with Crippen LogP contribution in [0, 0.1) is 11.8 Å². The van der Waals surface area contributed by atoms with Crippen molar-refractivity contribution in [2.45, 2.75) is 25.1 Å². The third-order valence-corrected chi connectivity index (χ3v) is 4.28. The summed E-state index contributed by atoms with van der Waals surface area (Å²) in [5, 5.41) is 7.76. The summed E-state index contributed by atoms with van der Waals surface area (Å²) in [7, 11) is 0. The minimum absolute atomic E-state index is 0.0368. The lowest BCUT2D eigenvalue weighted by atomic mass is 10.1. The molecular weight excluding hydrogens is 383 g/mol. The lowest BCUT2D eigenvalue weighted by molar-refractivity contribution is -0.167. The average molecular weight is 401 g/mol. The van der Waals surface area contributed by atoms with Gasteiger partial charge in [-0.1, -0.05) is 11.8 Å². The van der Waals surface area contributed by atoms with Crippen LogP contribution in [0.4, 0.5) is 24.5 Å². The molecule has 3 rings (SSSR count). The first-order valence-corrected chi connectivity index (χ1v) is 8.96. The fourth-order valence-electron chi connectivity index (χ4n) is 2.76. The minimum Gasteiger partial charge on any atom is -0.325 e. The molecule has 2 aromatic carbocycles. The lowest BCUT2D eigenvalue weighted by Crippen LogP contribution is -2.35. The Labute approximate surface area is 165 Å². The summed E-state index contributed by atoms with van der Waals surface area (Å²) in [5.74, 6) is 3.76. The zero-order valence-electron chi connectivity index (χ0n) is 15.3. The molecule has 1 atom stereocenters. The molecule has 0 aromatic heterocycles. The molecule has 0 spiro atoms. The van der Waals surface area contributed by atoms with E-state index in [1.807, 2.05) is 0 Å². The van der Waals surface area contributed by atoms with Crippen LogP contribution in [0.2, 0.25) is 0 Å². The van der Waals surface area contributed by atoms with E-state index in [2.05, 4.69) is 22.5 Å². The molecule has 1 aliphatic rings. The number of alkyl halides is 3. The molecular formula is C21H18F3N3O2. The fourth-order valence-corrected chi connectivity index (χ4v) is 2.76. The van der Waals surface area contributed by atoms with Crippen LogP contribution in [0.1, 0.15) is 24.0 Å². The van der Waals surface area contributed by atoms with Gasteiger partial charge in [0.1, 0.15) is 0 Å². The number of hydrogen-bond donors (Lipinski definition) is 3. The van der Waals surface area contributed by atoms with E-state index in [-0.39, 0.29) is 17.6 Å². The molecule has 0 unspecified atom stereocenters. The van der Waals surface area contributed by atoms with E-state index in [1.165, 1.54) is 24.3 Å². The summed E-state index contributed by atoms with van der Waals surface area (Å²) in [4.78, 5) is 23.0. The van der Waals surface area contributed by atoms with Gasteiger partial charge in [0.15, 0.2) is 0 Å². The number of carbonyl (C=O) groups excluding carboxylic acids is 2. The lowest BCUT2D eigenvalue weighted by Gasteiger charge is -2.10. The Morgan fingerprint density at radius 2 is 1.41 bits per heavy atom. The molecule has 1 aliphatic heterocycles. The molecule has 150 valence electrons. The fraction of sp³-hybridized carbons (Fsp3) is 0.238. The van der Waals surface area contributed by atoms with Crippen LogP contribution in [0.25, 0.3) is 0 Å². The monoisotopic (exact) mass is 401 g/mol. The molecule has 0 bridgehead atoms. The van der Waals surface area contributed by atoms with Gasteiger partial charge in [0.05, 0.1) is 6.04 Å². The van der Waals surface area contributed by atoms with Crippen LogP contribution in [-0.2, 0) is 9.59 Å². The second kappa shape index (κ2) is 8.80. The van der Waals surface area contributed by atoms with E-state index in [0.29, 0.717) is 11.3 Å². The van der Waals surface area contributed by atoms with Crippen LogP contribution in [0.3, 0.4) is 0 Å². The van der Waals surface area contributed by atoms with E-state index >= 15 is 0 Å². The molecule has 8 heteroatoms. The van der Waals surface area contributed by atoms with Crippen molar-refractivity contribution in [2.75, 3.05) is 17.2 Å². The Hall–Kier alpha value is -3.31. The molecule has 1 saturated heterocycles. The van der Waals surface area contributed by atoms with Gasteiger partial charge < -0.3 is 16.0 Å². The molecule has 2 aromatic rings. The molecule has 1 heterocycles. The smallest absolute Gasteiger partial charge is 0.325 e. The van der Waals surface area contributed by atoms with Crippen molar-refractivity contribution in [1.82, 2.24) is 5.32 Å². The highest BCUT2D eigenvalue weighted by atomic mass is 19.4. The third kappa shape index (κ3) is 5.83. The van der Waals surface area contributed by atoms with E-state index in [9.17, 15) is 22.8 Å². The van der Waals surface area contributed by atoms with E-state index in [0.717, 1.165) is 24.9 Å². The van der Waals surface area contributed by atoms with Crippen LogP contribution in [-0.4, -0.2) is 30.6 Å². The maximum Gasteiger partial charge on any atom is 0.471 e. The van der Waals surface area contributed by atoms with Crippen molar-refractivity contribution in [1.29, 1.82) is 0 Å². The number of anilines is 2. The summed E-state index contributed by atoms with van der Waals surface area (Å²) in [6, 6.07) is 12.6. The first-order valence-electron chi connectivity index (χ1n) is 8.96. The zero-order chi connectivity index (χ0) is 20.9. The second-order valence-electron chi connectivity index (χ2n) is 6.49. The molecule has 0 saturated carbocycles. The second-order valence-corrected chi connectivity index (χ2v) is 6.49. The van der Waals surface area contributed by atoms with Gasteiger partial charge in [0, 0.05) is 22.5 Å². The quantitative estimate of drug-likeness (QED) is 0.692. The Bertz CT molecular complexity index is 936. The van der Waals surface area contributed by atoms with Gasteiger partial charge in [0.2, 0.25) is 5.91 Å². The maximum absolute atomic E-state index is 12.2. The summed E-state index contributed by atoms with van der Waals surface area (Å²) in [5.41, 5.74) is 2.02. The number of benzene rings is 2. The molecule has 2 amide bonds. The first-order chi connectivity index (χ1) is 13.8. The predicted octanol–water partition coefficient (Wildman–Crippen LogP) is 3.28. The highest BCUT2D eigenvalue weighted by Gasteiger charge is 2.38. The Balaban J connectivity index is 1.58. The number of amides is 2. The van der Waals surface area contributed by atoms with Gasteiger partial charge in [-0.15, -0.1) is 0 Å². The number of nitrogens with one attached hydrogen (secondary N) is 3. The highest BCUT2D eigenvalue weighted by Crippen LogP contribution is 2.18. The van der Waals surface area contributed by atoms with Crippen molar-refractivity contribution in [3.63, 3.8) is 0 Å². The molecule has 1 fully saturated rings. The Morgan fingerprint density at radius 3 is 1.86 bits per heavy atom. The largest absolute Gasteiger partial charge is 0.471 e. The van der Waals surface area contributed by atoms with Crippen LogP contribution < -0.4 is 16.0 Å². The average Bonchev–Trinajstić information content (AvgIpc) is 3.23. The summed E-state index contributed by atoms with van der Waals surface area (Å²) < 4.78 is 36.7. The minimum atomic E-state index is -4.93. The van der Waals surface area contributed by atoms with Gasteiger partial charge in [-0.25, -0.2) is 0 Å². The van der Waals surface area contributed by atoms with Crippen molar-refractivity contribution in [3.8, 4) is 11.8 Å². The molecule has 3 N–H and O–H groups in total. The number of hydrogen-bond acceptors (Lipinski definition) is 3. The van der Waals surface area contributed by atoms with Gasteiger partial charge >= 0.3 is 12.1 Å². The highest BCUT2D eigenvalue weighted by molar-refractivity contribution is 5.95. The number of rotatable bonds is 3. The maximum atomic E-state index is 12.2. The van der Waals surface area contributed by atoms with Crippen molar-refractivity contribution >= 4 is 23.2 Å².